The molecule has 1 aromatic carbocycles. The van der Waals surface area contributed by atoms with Gasteiger partial charge in [-0.15, -0.1) is 0 Å². The second kappa shape index (κ2) is 6.03. The fraction of sp³-hybridized carbons (Fsp3) is 0.500. The van der Waals surface area contributed by atoms with Crippen LogP contribution in [0.5, 0.6) is 5.75 Å². The van der Waals surface area contributed by atoms with Crippen LogP contribution < -0.4 is 10.1 Å². The molecular weight excluding hydrogens is 206 g/mol. The number of ether oxygens (including phenoxy) is 1. The lowest BCUT2D eigenvalue weighted by Crippen LogP contribution is -2.17. The second-order valence-corrected chi connectivity index (χ2v) is 3.81. The number of rotatable bonds is 5. The van der Waals surface area contributed by atoms with Gasteiger partial charge in [0, 0.05) is 11.8 Å². The summed E-state index contributed by atoms with van der Waals surface area (Å²) in [6.07, 6.45) is 0.986. The molecule has 0 spiro atoms. The molecule has 0 heterocycles. The molecule has 1 unspecified atom stereocenters. The van der Waals surface area contributed by atoms with Crippen LogP contribution in [0.25, 0.3) is 0 Å². The molecule has 1 atom stereocenters. The minimum atomic E-state index is 0.310. The summed E-state index contributed by atoms with van der Waals surface area (Å²) in [6.45, 7) is 2.14. The molecule has 0 aliphatic carbocycles. The molecule has 0 radical (unpaired) electrons. The topological polar surface area (TPSA) is 21.3 Å². The molecule has 0 amide bonds. The monoisotopic (exact) mass is 225 g/mol. The average Bonchev–Trinajstić information content (AvgIpc) is 2.30. The van der Waals surface area contributed by atoms with Gasteiger partial charge in [0.15, 0.2) is 0 Å². The van der Waals surface area contributed by atoms with Crippen molar-refractivity contribution in [2.45, 2.75) is 19.4 Å². The molecule has 2 nitrogen and oxygen atoms in total. The highest BCUT2D eigenvalue weighted by Crippen LogP contribution is 2.24. The van der Waals surface area contributed by atoms with E-state index in [9.17, 15) is 0 Å². The van der Waals surface area contributed by atoms with E-state index in [1.54, 1.807) is 7.11 Å². The van der Waals surface area contributed by atoms with Crippen molar-refractivity contribution in [3.05, 3.63) is 29.3 Å². The Bertz CT molecular complexity index is 310. The lowest BCUT2D eigenvalue weighted by molar-refractivity contribution is 0.409. The van der Waals surface area contributed by atoms with Gasteiger partial charge in [0.05, 0.1) is 7.11 Å². The van der Waals surface area contributed by atoms with Crippen molar-refractivity contribution in [3.8, 4) is 5.75 Å². The summed E-state index contributed by atoms with van der Waals surface area (Å²) in [5, 5.41) is 3.24. The van der Waals surface area contributed by atoms with Gasteiger partial charge in [-0.25, -0.2) is 0 Å². The van der Waals surface area contributed by atoms with Crippen LogP contribution in [0.15, 0.2) is 18.2 Å². The maximum absolute atomic E-state index is 5.30. The lowest BCUT2D eigenvalue weighted by atomic mass is 10.0. The van der Waals surface area contributed by atoms with E-state index in [0.29, 0.717) is 6.04 Å². The van der Waals surface area contributed by atoms with Gasteiger partial charge in [0.25, 0.3) is 0 Å². The number of nitrogens with one attached hydrogen (secondary N) is 1. The Kier molecular flexibility index (Phi) is 4.99. The van der Waals surface area contributed by atoms with E-state index in [1.165, 1.54) is 11.1 Å². The lowest BCUT2D eigenvalue weighted by Gasteiger charge is -2.16. The predicted molar refractivity (Wildman–Crippen MR) is 68.0 cm³/mol. The maximum Gasteiger partial charge on any atom is 0.122 e. The molecule has 1 aromatic rings. The average molecular weight is 225 g/mol. The molecule has 1 N–H and O–H groups in total. The number of hydrogen-bond donors (Lipinski definition) is 2. The minimum absolute atomic E-state index is 0.310. The summed E-state index contributed by atoms with van der Waals surface area (Å²) < 4.78 is 5.30. The first-order chi connectivity index (χ1) is 7.26. The summed E-state index contributed by atoms with van der Waals surface area (Å²) in [4.78, 5) is 0. The van der Waals surface area contributed by atoms with Crippen molar-refractivity contribution in [1.29, 1.82) is 0 Å². The van der Waals surface area contributed by atoms with E-state index >= 15 is 0 Å². The summed E-state index contributed by atoms with van der Waals surface area (Å²) in [5.41, 5.74) is 2.52. The maximum atomic E-state index is 5.30. The highest BCUT2D eigenvalue weighted by molar-refractivity contribution is 7.80. The van der Waals surface area contributed by atoms with Crippen molar-refractivity contribution in [2.75, 3.05) is 19.9 Å². The van der Waals surface area contributed by atoms with Gasteiger partial charge < -0.3 is 10.1 Å². The van der Waals surface area contributed by atoms with Gasteiger partial charge in [-0.1, -0.05) is 19.1 Å². The minimum Gasteiger partial charge on any atom is -0.496 e. The summed E-state index contributed by atoms with van der Waals surface area (Å²) in [5.74, 6) is 1.77. The van der Waals surface area contributed by atoms with E-state index in [0.717, 1.165) is 17.9 Å². The van der Waals surface area contributed by atoms with Gasteiger partial charge in [-0.05, 0) is 30.7 Å². The highest BCUT2D eigenvalue weighted by atomic mass is 32.1. The molecule has 0 fully saturated rings. The molecule has 0 bridgehead atoms. The number of benzene rings is 1. The quantitative estimate of drug-likeness (QED) is 0.751. The molecule has 0 aromatic heterocycles. The van der Waals surface area contributed by atoms with E-state index in [1.807, 2.05) is 13.1 Å². The zero-order valence-corrected chi connectivity index (χ0v) is 10.5. The summed E-state index contributed by atoms with van der Waals surface area (Å²) in [6, 6.07) is 6.62. The van der Waals surface area contributed by atoms with E-state index < -0.39 is 0 Å². The molecule has 0 saturated carbocycles. The zero-order chi connectivity index (χ0) is 11.3. The van der Waals surface area contributed by atoms with Gasteiger partial charge >= 0.3 is 0 Å². The standard InChI is InChI=1S/C12H19NOS/c1-4-9-7-10(11(8-15)13-2)5-6-12(9)14-3/h5-7,11,13,15H,4,8H2,1-3H3. The third kappa shape index (κ3) is 2.89. The number of methoxy groups -OCH3 is 1. The molecule has 84 valence electrons. The smallest absolute Gasteiger partial charge is 0.122 e. The summed E-state index contributed by atoms with van der Waals surface area (Å²) in [7, 11) is 3.67. The van der Waals surface area contributed by atoms with Crippen molar-refractivity contribution in [1.82, 2.24) is 5.32 Å². The molecule has 3 heteroatoms. The molecule has 0 saturated heterocycles. The SMILES string of the molecule is CCc1cc(C(CS)NC)ccc1OC. The first-order valence-electron chi connectivity index (χ1n) is 5.21. The van der Waals surface area contributed by atoms with Gasteiger partial charge in [-0.3, -0.25) is 0 Å². The Labute approximate surface area is 97.4 Å². The van der Waals surface area contributed by atoms with Crippen LogP contribution in [0, 0.1) is 0 Å². The molecule has 15 heavy (non-hydrogen) atoms. The largest absolute Gasteiger partial charge is 0.496 e. The molecule has 0 aliphatic rings. The first kappa shape index (κ1) is 12.4. The van der Waals surface area contributed by atoms with Gasteiger partial charge in [0.2, 0.25) is 0 Å². The fourth-order valence-electron chi connectivity index (χ4n) is 1.65. The van der Waals surface area contributed by atoms with Crippen LogP contribution >= 0.6 is 12.6 Å². The number of hydrogen-bond acceptors (Lipinski definition) is 3. The molecular formula is C12H19NOS. The highest BCUT2D eigenvalue weighted by Gasteiger charge is 2.09. The van der Waals surface area contributed by atoms with Crippen LogP contribution in [0.4, 0.5) is 0 Å². The third-order valence-electron chi connectivity index (χ3n) is 2.62. The van der Waals surface area contributed by atoms with E-state index in [4.69, 9.17) is 4.74 Å². The Morgan fingerprint density at radius 1 is 1.47 bits per heavy atom. The van der Waals surface area contributed by atoms with E-state index in [2.05, 4.69) is 37.0 Å². The first-order valence-corrected chi connectivity index (χ1v) is 5.85. The Morgan fingerprint density at radius 3 is 2.67 bits per heavy atom. The molecule has 0 aliphatic heterocycles. The Balaban J connectivity index is 3.01. The van der Waals surface area contributed by atoms with Crippen LogP contribution in [-0.2, 0) is 6.42 Å². The van der Waals surface area contributed by atoms with Crippen molar-refractivity contribution in [2.24, 2.45) is 0 Å². The van der Waals surface area contributed by atoms with Crippen LogP contribution in [0.1, 0.15) is 24.1 Å². The fourth-order valence-corrected chi connectivity index (χ4v) is 2.05. The van der Waals surface area contributed by atoms with Crippen molar-refractivity contribution < 1.29 is 4.74 Å². The Hall–Kier alpha value is -0.670. The van der Waals surface area contributed by atoms with Crippen LogP contribution in [0.2, 0.25) is 0 Å². The van der Waals surface area contributed by atoms with Crippen LogP contribution in [0.3, 0.4) is 0 Å². The predicted octanol–water partition coefficient (Wildman–Crippen LogP) is 2.45. The molecule has 1 rings (SSSR count). The van der Waals surface area contributed by atoms with E-state index in [-0.39, 0.29) is 0 Å². The van der Waals surface area contributed by atoms with Gasteiger partial charge in [0.1, 0.15) is 5.75 Å². The van der Waals surface area contributed by atoms with Gasteiger partial charge in [-0.2, -0.15) is 12.6 Å². The number of aryl methyl sites for hydroxylation is 1. The summed E-state index contributed by atoms with van der Waals surface area (Å²) >= 11 is 4.33. The van der Waals surface area contributed by atoms with Crippen molar-refractivity contribution in [3.63, 3.8) is 0 Å². The van der Waals surface area contributed by atoms with Crippen LogP contribution in [-0.4, -0.2) is 19.9 Å². The second-order valence-electron chi connectivity index (χ2n) is 3.45. The number of thiol groups is 1. The normalized spacial score (nSPS) is 12.5. The van der Waals surface area contributed by atoms with Crippen molar-refractivity contribution >= 4 is 12.6 Å². The third-order valence-corrected chi connectivity index (χ3v) is 2.98. The Morgan fingerprint density at radius 2 is 2.20 bits per heavy atom. The zero-order valence-electron chi connectivity index (χ0n) is 9.58.